The lowest BCUT2D eigenvalue weighted by Gasteiger charge is -2.17. The molecule has 6 heteroatoms. The molecule has 1 aliphatic heterocycles. The molecular formula is C19H19ClN2O3. The van der Waals surface area contributed by atoms with Crippen LogP contribution in [0.25, 0.3) is 0 Å². The molecule has 5 nitrogen and oxygen atoms in total. The fourth-order valence-electron chi connectivity index (χ4n) is 4.34. The van der Waals surface area contributed by atoms with Gasteiger partial charge < -0.3 is 5.32 Å². The van der Waals surface area contributed by atoms with Gasteiger partial charge in [0.2, 0.25) is 17.7 Å². The minimum atomic E-state index is -0.232. The Labute approximate surface area is 151 Å². The SMILES string of the molecule is Cc1ccc(Cl)cc1NC(=O)CCN1C(=O)[C@@H]2[C@@H](C1=O)[C@H]1C=C[C@@H]2C1. The number of fused-ring (bicyclic) bond motifs is 5. The van der Waals surface area contributed by atoms with Gasteiger partial charge in [0.1, 0.15) is 0 Å². The van der Waals surface area contributed by atoms with Crippen molar-refractivity contribution in [2.24, 2.45) is 23.7 Å². The second kappa shape index (κ2) is 5.99. The number of rotatable bonds is 4. The molecule has 1 heterocycles. The molecule has 1 N–H and O–H groups in total. The summed E-state index contributed by atoms with van der Waals surface area (Å²) in [5, 5.41) is 3.34. The molecule has 130 valence electrons. The van der Waals surface area contributed by atoms with E-state index < -0.39 is 0 Å². The second-order valence-electron chi connectivity index (χ2n) is 7.09. The van der Waals surface area contributed by atoms with Crippen molar-refractivity contribution in [3.8, 4) is 0 Å². The largest absolute Gasteiger partial charge is 0.326 e. The highest BCUT2D eigenvalue weighted by molar-refractivity contribution is 6.31. The maximum Gasteiger partial charge on any atom is 0.233 e. The minimum absolute atomic E-state index is 0.0889. The average molecular weight is 359 g/mol. The van der Waals surface area contributed by atoms with Gasteiger partial charge >= 0.3 is 0 Å². The van der Waals surface area contributed by atoms with E-state index in [-0.39, 0.29) is 54.4 Å². The van der Waals surface area contributed by atoms with Crippen molar-refractivity contribution in [2.45, 2.75) is 19.8 Å². The first-order valence-electron chi connectivity index (χ1n) is 8.55. The smallest absolute Gasteiger partial charge is 0.233 e. The number of likely N-dealkylation sites (tertiary alicyclic amines) is 1. The van der Waals surface area contributed by atoms with E-state index in [0.29, 0.717) is 10.7 Å². The molecule has 0 unspecified atom stereocenters. The van der Waals surface area contributed by atoms with Crippen LogP contribution in [0.5, 0.6) is 0 Å². The van der Waals surface area contributed by atoms with E-state index in [1.165, 1.54) is 4.90 Å². The van der Waals surface area contributed by atoms with E-state index in [2.05, 4.69) is 17.5 Å². The van der Waals surface area contributed by atoms with Crippen molar-refractivity contribution in [2.75, 3.05) is 11.9 Å². The van der Waals surface area contributed by atoms with Crippen LogP contribution in [0.3, 0.4) is 0 Å². The summed E-state index contributed by atoms with van der Waals surface area (Å²) in [5.74, 6) is -0.485. The third kappa shape index (κ3) is 2.67. The molecule has 25 heavy (non-hydrogen) atoms. The number of benzene rings is 1. The van der Waals surface area contributed by atoms with Crippen molar-refractivity contribution in [3.05, 3.63) is 40.9 Å². The summed E-state index contributed by atoms with van der Waals surface area (Å²) in [6, 6.07) is 5.28. The quantitative estimate of drug-likeness (QED) is 0.664. The molecule has 1 saturated heterocycles. The number of halogens is 1. The third-order valence-electron chi connectivity index (χ3n) is 5.60. The molecule has 1 aromatic rings. The fraction of sp³-hybridized carbons (Fsp3) is 0.421. The molecule has 4 atom stereocenters. The summed E-state index contributed by atoms with van der Waals surface area (Å²) < 4.78 is 0. The number of imide groups is 1. The number of nitrogens with zero attached hydrogens (tertiary/aromatic N) is 1. The Morgan fingerprint density at radius 3 is 2.48 bits per heavy atom. The molecular weight excluding hydrogens is 340 g/mol. The van der Waals surface area contributed by atoms with Gasteiger partial charge in [-0.15, -0.1) is 0 Å². The summed E-state index contributed by atoms with van der Waals surface area (Å²) >= 11 is 5.95. The van der Waals surface area contributed by atoms with Crippen molar-refractivity contribution < 1.29 is 14.4 Å². The van der Waals surface area contributed by atoms with E-state index in [9.17, 15) is 14.4 Å². The number of carbonyl (C=O) groups is 3. The van der Waals surface area contributed by atoms with Crippen LogP contribution in [0.1, 0.15) is 18.4 Å². The van der Waals surface area contributed by atoms with E-state index in [4.69, 9.17) is 11.6 Å². The van der Waals surface area contributed by atoms with Gasteiger partial charge in [-0.1, -0.05) is 29.8 Å². The van der Waals surface area contributed by atoms with Gasteiger partial charge in [0.15, 0.2) is 0 Å². The Bertz CT molecular complexity index is 774. The first-order chi connectivity index (χ1) is 12.0. The molecule has 0 spiro atoms. The number of aryl methyl sites for hydroxylation is 1. The van der Waals surface area contributed by atoms with Crippen LogP contribution in [0.2, 0.25) is 5.02 Å². The van der Waals surface area contributed by atoms with Crippen molar-refractivity contribution >= 4 is 35.0 Å². The Hall–Kier alpha value is -2.14. The van der Waals surface area contributed by atoms with Gasteiger partial charge in [-0.3, -0.25) is 19.3 Å². The standard InChI is InChI=1S/C19H19ClN2O3/c1-10-2-5-13(20)9-14(10)21-15(23)6-7-22-18(24)16-11-3-4-12(8-11)17(16)19(22)25/h2-5,9,11-12,16-17H,6-8H2,1H3,(H,21,23)/t11-,12+,16-,17-/m0/s1. The highest BCUT2D eigenvalue weighted by atomic mass is 35.5. The van der Waals surface area contributed by atoms with Crippen LogP contribution in [-0.4, -0.2) is 29.2 Å². The number of nitrogens with one attached hydrogen (secondary N) is 1. The molecule has 2 aliphatic carbocycles. The average Bonchev–Trinajstić information content (AvgIpc) is 3.24. The second-order valence-corrected chi connectivity index (χ2v) is 7.52. The molecule has 2 bridgehead atoms. The zero-order valence-electron chi connectivity index (χ0n) is 13.9. The monoisotopic (exact) mass is 358 g/mol. The maximum atomic E-state index is 12.6. The van der Waals surface area contributed by atoms with E-state index in [0.717, 1.165) is 12.0 Å². The molecule has 0 aromatic heterocycles. The predicted octanol–water partition coefficient (Wildman–Crippen LogP) is 2.78. The van der Waals surface area contributed by atoms with Crippen LogP contribution in [0.15, 0.2) is 30.4 Å². The number of anilines is 1. The normalized spacial score (nSPS) is 29.4. The lowest BCUT2D eigenvalue weighted by Crippen LogP contribution is -2.35. The summed E-state index contributed by atoms with van der Waals surface area (Å²) in [4.78, 5) is 38.7. The van der Waals surface area contributed by atoms with Crippen molar-refractivity contribution in [1.82, 2.24) is 4.90 Å². The lowest BCUT2D eigenvalue weighted by molar-refractivity contribution is -0.140. The van der Waals surface area contributed by atoms with Crippen LogP contribution in [0.4, 0.5) is 5.69 Å². The van der Waals surface area contributed by atoms with E-state index in [1.54, 1.807) is 12.1 Å². The number of carbonyl (C=O) groups excluding carboxylic acids is 3. The topological polar surface area (TPSA) is 66.5 Å². The number of allylic oxidation sites excluding steroid dienone is 2. The number of hydrogen-bond acceptors (Lipinski definition) is 3. The Balaban J connectivity index is 1.39. The molecule has 3 aliphatic rings. The van der Waals surface area contributed by atoms with Gasteiger partial charge in [-0.25, -0.2) is 0 Å². The first kappa shape index (κ1) is 16.3. The molecule has 1 saturated carbocycles. The van der Waals surface area contributed by atoms with E-state index in [1.807, 2.05) is 13.0 Å². The molecule has 4 rings (SSSR count). The van der Waals surface area contributed by atoms with Crippen molar-refractivity contribution in [3.63, 3.8) is 0 Å². The summed E-state index contributed by atoms with van der Waals surface area (Å²) in [6.07, 6.45) is 5.13. The Morgan fingerprint density at radius 1 is 1.20 bits per heavy atom. The Kier molecular flexibility index (Phi) is 3.91. The zero-order chi connectivity index (χ0) is 17.7. The minimum Gasteiger partial charge on any atom is -0.326 e. The zero-order valence-corrected chi connectivity index (χ0v) is 14.6. The summed E-state index contributed by atoms with van der Waals surface area (Å²) in [5.41, 5.74) is 1.55. The third-order valence-corrected chi connectivity index (χ3v) is 5.83. The maximum absolute atomic E-state index is 12.6. The van der Waals surface area contributed by atoms with Crippen LogP contribution in [0, 0.1) is 30.6 Å². The Morgan fingerprint density at radius 2 is 1.84 bits per heavy atom. The highest BCUT2D eigenvalue weighted by Gasteiger charge is 2.58. The summed E-state index contributed by atoms with van der Waals surface area (Å²) in [7, 11) is 0. The fourth-order valence-corrected chi connectivity index (χ4v) is 4.51. The van der Waals surface area contributed by atoms with Crippen LogP contribution >= 0.6 is 11.6 Å². The lowest BCUT2D eigenvalue weighted by atomic mass is 9.85. The van der Waals surface area contributed by atoms with E-state index >= 15 is 0 Å². The number of amides is 3. The molecule has 0 radical (unpaired) electrons. The van der Waals surface area contributed by atoms with Crippen LogP contribution in [-0.2, 0) is 14.4 Å². The van der Waals surface area contributed by atoms with Crippen molar-refractivity contribution in [1.29, 1.82) is 0 Å². The predicted molar refractivity (Wildman–Crippen MR) is 93.9 cm³/mol. The number of hydrogen-bond donors (Lipinski definition) is 1. The molecule has 3 amide bonds. The highest BCUT2D eigenvalue weighted by Crippen LogP contribution is 2.52. The van der Waals surface area contributed by atoms with Gasteiger partial charge in [0.25, 0.3) is 0 Å². The molecule has 2 fully saturated rings. The van der Waals surface area contributed by atoms with Crippen LogP contribution < -0.4 is 5.32 Å². The first-order valence-corrected chi connectivity index (χ1v) is 8.93. The van der Waals surface area contributed by atoms with Gasteiger partial charge in [-0.05, 0) is 42.9 Å². The summed E-state index contributed by atoms with van der Waals surface area (Å²) in [6.45, 7) is 2.01. The van der Waals surface area contributed by atoms with Gasteiger partial charge in [0, 0.05) is 23.7 Å². The van der Waals surface area contributed by atoms with Gasteiger partial charge in [-0.2, -0.15) is 0 Å². The molecule has 1 aromatic carbocycles. The van der Waals surface area contributed by atoms with Gasteiger partial charge in [0.05, 0.1) is 11.8 Å².